The molecular weight excluding hydrogens is 240 g/mol. The van der Waals surface area contributed by atoms with Gasteiger partial charge in [-0.05, 0) is 30.6 Å². The fraction of sp³-hybridized carbons (Fsp3) is 0.545. The monoisotopic (exact) mass is 256 g/mol. The smallest absolute Gasteiger partial charge is 0.310 e. The standard InChI is InChI=1S/C11H16N2O3S/c1-9(5-8-17)4-7-12-6-2-3-10(11(12)14)13(15)16/h2-3,6,9,17H,4-5,7-8H2,1H3. The first kappa shape index (κ1) is 13.8. The fourth-order valence-electron chi connectivity index (χ4n) is 1.56. The van der Waals surface area contributed by atoms with Gasteiger partial charge in [-0.25, -0.2) is 0 Å². The number of hydrogen-bond donors (Lipinski definition) is 1. The maximum Gasteiger partial charge on any atom is 0.334 e. The van der Waals surface area contributed by atoms with Crippen LogP contribution in [0.1, 0.15) is 19.8 Å². The molecule has 1 heterocycles. The number of rotatable bonds is 6. The minimum absolute atomic E-state index is 0.366. The molecule has 0 radical (unpaired) electrons. The Bertz CT molecular complexity index is 445. The quantitative estimate of drug-likeness (QED) is 0.481. The maximum absolute atomic E-state index is 11.7. The van der Waals surface area contributed by atoms with Gasteiger partial charge in [-0.1, -0.05) is 6.92 Å². The van der Waals surface area contributed by atoms with Crippen molar-refractivity contribution in [3.63, 3.8) is 0 Å². The van der Waals surface area contributed by atoms with Crippen LogP contribution < -0.4 is 5.56 Å². The van der Waals surface area contributed by atoms with E-state index in [1.165, 1.54) is 16.7 Å². The van der Waals surface area contributed by atoms with Crippen molar-refractivity contribution in [1.29, 1.82) is 0 Å². The number of thiol groups is 1. The van der Waals surface area contributed by atoms with Crippen LogP contribution in [-0.4, -0.2) is 15.2 Å². The Morgan fingerprint density at radius 1 is 1.53 bits per heavy atom. The molecule has 1 aromatic rings. The van der Waals surface area contributed by atoms with Gasteiger partial charge in [0, 0.05) is 18.8 Å². The third kappa shape index (κ3) is 3.89. The SMILES string of the molecule is CC(CCS)CCn1cccc([N+](=O)[O-])c1=O. The van der Waals surface area contributed by atoms with Crippen LogP contribution in [0.3, 0.4) is 0 Å². The average Bonchev–Trinajstić information content (AvgIpc) is 2.27. The van der Waals surface area contributed by atoms with Crippen LogP contribution in [0, 0.1) is 16.0 Å². The topological polar surface area (TPSA) is 65.1 Å². The van der Waals surface area contributed by atoms with E-state index in [1.54, 1.807) is 6.20 Å². The van der Waals surface area contributed by atoms with Gasteiger partial charge in [-0.2, -0.15) is 12.6 Å². The molecule has 0 saturated carbocycles. The molecule has 0 saturated heterocycles. The molecule has 0 amide bonds. The largest absolute Gasteiger partial charge is 0.334 e. The van der Waals surface area contributed by atoms with Gasteiger partial charge in [0.1, 0.15) is 0 Å². The summed E-state index contributed by atoms with van der Waals surface area (Å²) in [7, 11) is 0. The molecule has 0 bridgehead atoms. The molecule has 1 atom stereocenters. The summed E-state index contributed by atoms with van der Waals surface area (Å²) in [6, 6.07) is 2.76. The Balaban J connectivity index is 2.76. The number of pyridine rings is 1. The second-order valence-corrected chi connectivity index (χ2v) is 4.50. The highest BCUT2D eigenvalue weighted by Crippen LogP contribution is 2.10. The van der Waals surface area contributed by atoms with Crippen molar-refractivity contribution < 1.29 is 4.92 Å². The number of aryl methyl sites for hydroxylation is 1. The Morgan fingerprint density at radius 2 is 2.24 bits per heavy atom. The lowest BCUT2D eigenvalue weighted by molar-refractivity contribution is -0.386. The molecule has 0 aliphatic carbocycles. The van der Waals surface area contributed by atoms with Gasteiger partial charge in [-0.3, -0.25) is 14.9 Å². The Morgan fingerprint density at radius 3 is 2.82 bits per heavy atom. The van der Waals surface area contributed by atoms with Crippen LogP contribution in [0.15, 0.2) is 23.1 Å². The van der Waals surface area contributed by atoms with Crippen LogP contribution in [-0.2, 0) is 6.54 Å². The summed E-state index contributed by atoms with van der Waals surface area (Å²) in [6.07, 6.45) is 3.39. The molecule has 6 heteroatoms. The summed E-state index contributed by atoms with van der Waals surface area (Å²) < 4.78 is 1.40. The van der Waals surface area contributed by atoms with E-state index in [-0.39, 0.29) is 5.69 Å². The van der Waals surface area contributed by atoms with Crippen molar-refractivity contribution in [3.05, 3.63) is 38.8 Å². The van der Waals surface area contributed by atoms with Crippen molar-refractivity contribution >= 4 is 18.3 Å². The van der Waals surface area contributed by atoms with E-state index in [2.05, 4.69) is 19.6 Å². The molecule has 0 aliphatic heterocycles. The molecular formula is C11H16N2O3S. The van der Waals surface area contributed by atoms with Crippen molar-refractivity contribution in [2.75, 3.05) is 5.75 Å². The summed E-state index contributed by atoms with van der Waals surface area (Å²) in [6.45, 7) is 2.59. The van der Waals surface area contributed by atoms with Gasteiger partial charge in [0.25, 0.3) is 0 Å². The van der Waals surface area contributed by atoms with Crippen LogP contribution >= 0.6 is 12.6 Å². The number of hydrogen-bond acceptors (Lipinski definition) is 4. The van der Waals surface area contributed by atoms with E-state index in [0.29, 0.717) is 12.5 Å². The van der Waals surface area contributed by atoms with E-state index in [9.17, 15) is 14.9 Å². The zero-order valence-electron chi connectivity index (χ0n) is 9.70. The maximum atomic E-state index is 11.7. The lowest BCUT2D eigenvalue weighted by Crippen LogP contribution is -2.22. The van der Waals surface area contributed by atoms with Gasteiger partial charge >= 0.3 is 11.2 Å². The first-order valence-electron chi connectivity index (χ1n) is 5.51. The molecule has 94 valence electrons. The second kappa shape index (κ2) is 6.44. The van der Waals surface area contributed by atoms with Gasteiger partial charge < -0.3 is 4.57 Å². The normalized spacial score (nSPS) is 12.4. The highest BCUT2D eigenvalue weighted by molar-refractivity contribution is 7.80. The van der Waals surface area contributed by atoms with E-state index < -0.39 is 10.5 Å². The fourth-order valence-corrected chi connectivity index (χ4v) is 2.00. The minimum Gasteiger partial charge on any atom is -0.310 e. The summed E-state index contributed by atoms with van der Waals surface area (Å²) in [5.74, 6) is 1.27. The number of aromatic nitrogens is 1. The van der Waals surface area contributed by atoms with Gasteiger partial charge in [0.15, 0.2) is 0 Å². The van der Waals surface area contributed by atoms with Crippen LogP contribution in [0.25, 0.3) is 0 Å². The number of nitro groups is 1. The van der Waals surface area contributed by atoms with E-state index in [0.717, 1.165) is 18.6 Å². The third-order valence-corrected chi connectivity index (χ3v) is 2.94. The van der Waals surface area contributed by atoms with Gasteiger partial charge in [-0.15, -0.1) is 0 Å². The first-order valence-corrected chi connectivity index (χ1v) is 6.14. The predicted octanol–water partition coefficient (Wildman–Crippen LogP) is 2.10. The molecule has 1 rings (SSSR count). The molecule has 0 spiro atoms. The lowest BCUT2D eigenvalue weighted by atomic mass is 10.1. The van der Waals surface area contributed by atoms with E-state index in [4.69, 9.17) is 0 Å². The molecule has 0 fully saturated rings. The Kier molecular flexibility index (Phi) is 5.21. The third-order valence-electron chi connectivity index (χ3n) is 2.68. The zero-order valence-corrected chi connectivity index (χ0v) is 10.6. The predicted molar refractivity (Wildman–Crippen MR) is 69.6 cm³/mol. The molecule has 1 aromatic heterocycles. The molecule has 5 nitrogen and oxygen atoms in total. The summed E-state index contributed by atoms with van der Waals surface area (Å²) in [5, 5.41) is 10.6. The van der Waals surface area contributed by atoms with E-state index >= 15 is 0 Å². The van der Waals surface area contributed by atoms with Crippen molar-refractivity contribution in [1.82, 2.24) is 4.57 Å². The highest BCUT2D eigenvalue weighted by Gasteiger charge is 2.13. The molecule has 1 unspecified atom stereocenters. The summed E-state index contributed by atoms with van der Waals surface area (Å²) in [5.41, 5.74) is -0.898. The molecule has 0 aromatic carbocycles. The Hall–Kier alpha value is -1.30. The van der Waals surface area contributed by atoms with Crippen molar-refractivity contribution in [3.8, 4) is 0 Å². The van der Waals surface area contributed by atoms with Gasteiger partial charge in [0.2, 0.25) is 0 Å². The van der Waals surface area contributed by atoms with E-state index in [1.807, 2.05) is 0 Å². The Labute approximate surface area is 105 Å². The van der Waals surface area contributed by atoms with Crippen LogP contribution in [0.2, 0.25) is 0 Å². The highest BCUT2D eigenvalue weighted by atomic mass is 32.1. The lowest BCUT2D eigenvalue weighted by Gasteiger charge is -2.10. The zero-order chi connectivity index (χ0) is 12.8. The van der Waals surface area contributed by atoms with Crippen LogP contribution in [0.5, 0.6) is 0 Å². The number of nitrogens with zero attached hydrogens (tertiary/aromatic N) is 2. The van der Waals surface area contributed by atoms with Crippen LogP contribution in [0.4, 0.5) is 5.69 Å². The molecule has 17 heavy (non-hydrogen) atoms. The minimum atomic E-state index is -0.643. The second-order valence-electron chi connectivity index (χ2n) is 4.06. The average molecular weight is 256 g/mol. The summed E-state index contributed by atoms with van der Waals surface area (Å²) in [4.78, 5) is 21.6. The molecule has 0 N–H and O–H groups in total. The van der Waals surface area contributed by atoms with Gasteiger partial charge in [0.05, 0.1) is 4.92 Å². The first-order chi connectivity index (χ1) is 8.06. The van der Waals surface area contributed by atoms with Crippen molar-refractivity contribution in [2.45, 2.75) is 26.3 Å². The summed E-state index contributed by atoms with van der Waals surface area (Å²) >= 11 is 4.15. The van der Waals surface area contributed by atoms with Crippen molar-refractivity contribution in [2.24, 2.45) is 5.92 Å². The molecule has 0 aliphatic rings.